The highest BCUT2D eigenvalue weighted by atomic mass is 32.1. The quantitative estimate of drug-likeness (QED) is 0.878. The lowest BCUT2D eigenvalue weighted by atomic mass is 9.97. The Morgan fingerprint density at radius 3 is 2.53 bits per heavy atom. The average Bonchev–Trinajstić information content (AvgIpc) is 2.70. The van der Waals surface area contributed by atoms with Gasteiger partial charge in [-0.15, -0.1) is 0 Å². The summed E-state index contributed by atoms with van der Waals surface area (Å²) < 4.78 is 1.45. The van der Waals surface area contributed by atoms with Crippen molar-refractivity contribution in [1.29, 1.82) is 0 Å². The SMILES string of the molecule is Cc1csc(=O)n1CC(=O)N1CCC(C(=O)O)CC1. The molecule has 1 aromatic heterocycles. The van der Waals surface area contributed by atoms with Gasteiger partial charge in [0.15, 0.2) is 0 Å². The molecule has 0 spiro atoms. The van der Waals surface area contributed by atoms with Gasteiger partial charge in [-0.3, -0.25) is 19.0 Å². The summed E-state index contributed by atoms with van der Waals surface area (Å²) in [6.45, 7) is 2.75. The fourth-order valence-corrected chi connectivity index (χ4v) is 2.94. The van der Waals surface area contributed by atoms with E-state index in [2.05, 4.69) is 0 Å². The molecular weight excluding hydrogens is 268 g/mol. The second-order valence-electron chi connectivity index (χ2n) is 4.72. The van der Waals surface area contributed by atoms with Crippen LogP contribution in [0, 0.1) is 12.8 Å². The Hall–Kier alpha value is -1.63. The Labute approximate surface area is 114 Å². The molecule has 1 amide bonds. The number of carboxylic acid groups (broad SMARTS) is 1. The van der Waals surface area contributed by atoms with Crippen LogP contribution in [0.1, 0.15) is 18.5 Å². The molecule has 0 unspecified atom stereocenters. The van der Waals surface area contributed by atoms with Gasteiger partial charge in [-0.2, -0.15) is 0 Å². The maximum Gasteiger partial charge on any atom is 0.307 e. The molecule has 19 heavy (non-hydrogen) atoms. The van der Waals surface area contributed by atoms with Crippen LogP contribution in [0.2, 0.25) is 0 Å². The summed E-state index contributed by atoms with van der Waals surface area (Å²) in [5.74, 6) is -1.26. The number of likely N-dealkylation sites (tertiary alicyclic amines) is 1. The molecule has 2 heterocycles. The van der Waals surface area contributed by atoms with Gasteiger partial charge < -0.3 is 10.0 Å². The smallest absolute Gasteiger partial charge is 0.307 e. The van der Waals surface area contributed by atoms with E-state index in [-0.39, 0.29) is 23.2 Å². The van der Waals surface area contributed by atoms with Crippen LogP contribution in [0.15, 0.2) is 10.2 Å². The summed E-state index contributed by atoms with van der Waals surface area (Å²) in [5.41, 5.74) is 0.781. The van der Waals surface area contributed by atoms with Crippen molar-refractivity contribution in [3.63, 3.8) is 0 Å². The second-order valence-corrected chi connectivity index (χ2v) is 5.54. The number of piperidine rings is 1. The number of carboxylic acids is 1. The van der Waals surface area contributed by atoms with E-state index < -0.39 is 5.97 Å². The summed E-state index contributed by atoms with van der Waals surface area (Å²) in [5, 5.41) is 10.6. The largest absolute Gasteiger partial charge is 0.481 e. The Morgan fingerprint density at radius 1 is 1.42 bits per heavy atom. The van der Waals surface area contributed by atoms with Gasteiger partial charge in [0.2, 0.25) is 5.91 Å². The maximum atomic E-state index is 12.1. The zero-order chi connectivity index (χ0) is 14.0. The van der Waals surface area contributed by atoms with Gasteiger partial charge in [-0.25, -0.2) is 0 Å². The standard InChI is InChI=1S/C12H16N2O4S/c1-8-7-19-12(18)14(8)6-10(15)13-4-2-9(3-5-13)11(16)17/h7,9H,2-6H2,1H3,(H,16,17). The van der Waals surface area contributed by atoms with Gasteiger partial charge in [0.25, 0.3) is 0 Å². The highest BCUT2D eigenvalue weighted by Crippen LogP contribution is 2.17. The van der Waals surface area contributed by atoms with Crippen molar-refractivity contribution < 1.29 is 14.7 Å². The van der Waals surface area contributed by atoms with Crippen LogP contribution in [0.4, 0.5) is 0 Å². The molecule has 1 aliphatic heterocycles. The molecule has 1 fully saturated rings. The molecule has 6 nitrogen and oxygen atoms in total. The Kier molecular flexibility index (Phi) is 4.04. The van der Waals surface area contributed by atoms with Crippen molar-refractivity contribution >= 4 is 23.2 Å². The fraction of sp³-hybridized carbons (Fsp3) is 0.583. The fourth-order valence-electron chi connectivity index (χ4n) is 2.21. The van der Waals surface area contributed by atoms with Gasteiger partial charge in [0.05, 0.1) is 5.92 Å². The third-order valence-electron chi connectivity index (χ3n) is 3.47. The third-order valence-corrected chi connectivity index (χ3v) is 4.35. The van der Waals surface area contributed by atoms with Gasteiger partial charge in [0, 0.05) is 24.2 Å². The van der Waals surface area contributed by atoms with E-state index >= 15 is 0 Å². The molecule has 104 valence electrons. The van der Waals surface area contributed by atoms with E-state index in [1.54, 1.807) is 17.2 Å². The average molecular weight is 284 g/mol. The summed E-state index contributed by atoms with van der Waals surface area (Å²) >= 11 is 1.08. The molecule has 0 atom stereocenters. The van der Waals surface area contributed by atoms with E-state index in [0.717, 1.165) is 17.0 Å². The third kappa shape index (κ3) is 3.04. The van der Waals surface area contributed by atoms with E-state index in [9.17, 15) is 14.4 Å². The number of nitrogens with zero attached hydrogens (tertiary/aromatic N) is 2. The van der Waals surface area contributed by atoms with E-state index in [1.165, 1.54) is 4.57 Å². The minimum atomic E-state index is -0.794. The minimum Gasteiger partial charge on any atom is -0.481 e. The van der Waals surface area contributed by atoms with Crippen molar-refractivity contribution in [1.82, 2.24) is 9.47 Å². The number of thiazole rings is 1. The molecular formula is C12H16N2O4S. The molecule has 1 N–H and O–H groups in total. The summed E-state index contributed by atoms with van der Waals surface area (Å²) in [6, 6.07) is 0. The predicted octanol–water partition coefficient (Wildman–Crippen LogP) is 0.541. The molecule has 0 bridgehead atoms. The molecule has 1 aliphatic rings. The molecule has 0 aromatic carbocycles. The van der Waals surface area contributed by atoms with Crippen molar-refractivity contribution in [3.05, 3.63) is 20.7 Å². The summed E-state index contributed by atoms with van der Waals surface area (Å²) in [7, 11) is 0. The number of hydrogen-bond donors (Lipinski definition) is 1. The summed E-state index contributed by atoms with van der Waals surface area (Å²) in [6.07, 6.45) is 0.969. The van der Waals surface area contributed by atoms with E-state index in [4.69, 9.17) is 5.11 Å². The number of carbonyl (C=O) groups is 2. The molecule has 7 heteroatoms. The Morgan fingerprint density at radius 2 is 2.05 bits per heavy atom. The van der Waals surface area contributed by atoms with Gasteiger partial charge in [0.1, 0.15) is 6.54 Å². The van der Waals surface area contributed by atoms with Crippen molar-refractivity contribution in [2.24, 2.45) is 5.92 Å². The minimum absolute atomic E-state index is 0.0475. The van der Waals surface area contributed by atoms with Gasteiger partial charge >= 0.3 is 10.8 Å². The van der Waals surface area contributed by atoms with Crippen molar-refractivity contribution in [2.45, 2.75) is 26.3 Å². The molecule has 0 aliphatic carbocycles. The summed E-state index contributed by atoms with van der Waals surface area (Å²) in [4.78, 5) is 35.9. The van der Waals surface area contributed by atoms with Crippen molar-refractivity contribution in [3.8, 4) is 0 Å². The lowest BCUT2D eigenvalue weighted by molar-refractivity contribution is -0.145. The van der Waals surface area contributed by atoms with Crippen LogP contribution in [0.25, 0.3) is 0 Å². The van der Waals surface area contributed by atoms with Crippen LogP contribution in [0.3, 0.4) is 0 Å². The zero-order valence-electron chi connectivity index (χ0n) is 10.7. The number of carbonyl (C=O) groups excluding carboxylic acids is 1. The number of amides is 1. The van der Waals surface area contributed by atoms with E-state index in [0.29, 0.717) is 25.9 Å². The lowest BCUT2D eigenvalue weighted by Gasteiger charge is -2.30. The highest BCUT2D eigenvalue weighted by molar-refractivity contribution is 7.07. The van der Waals surface area contributed by atoms with E-state index in [1.807, 2.05) is 0 Å². The zero-order valence-corrected chi connectivity index (χ0v) is 11.5. The predicted molar refractivity (Wildman–Crippen MR) is 70.3 cm³/mol. The Bertz CT molecular complexity index is 540. The Balaban J connectivity index is 1.95. The van der Waals surface area contributed by atoms with Crippen molar-refractivity contribution in [2.75, 3.05) is 13.1 Å². The molecule has 1 aromatic rings. The van der Waals surface area contributed by atoms with Gasteiger partial charge in [-0.05, 0) is 19.8 Å². The van der Waals surface area contributed by atoms with Crippen LogP contribution < -0.4 is 4.87 Å². The van der Waals surface area contributed by atoms with Crippen LogP contribution >= 0.6 is 11.3 Å². The number of rotatable bonds is 3. The first kappa shape index (κ1) is 13.8. The maximum absolute atomic E-state index is 12.1. The molecule has 0 radical (unpaired) electrons. The number of aromatic nitrogens is 1. The van der Waals surface area contributed by atoms with Gasteiger partial charge in [-0.1, -0.05) is 11.3 Å². The van der Waals surface area contributed by atoms with Crippen LogP contribution in [-0.4, -0.2) is 39.5 Å². The first-order valence-corrected chi connectivity index (χ1v) is 7.02. The van der Waals surface area contributed by atoms with Crippen LogP contribution in [-0.2, 0) is 16.1 Å². The molecule has 2 rings (SSSR count). The monoisotopic (exact) mass is 284 g/mol. The number of hydrogen-bond acceptors (Lipinski definition) is 4. The number of aryl methyl sites for hydroxylation is 1. The van der Waals surface area contributed by atoms with Crippen LogP contribution in [0.5, 0.6) is 0 Å². The second kappa shape index (κ2) is 5.56. The first-order valence-electron chi connectivity index (χ1n) is 6.14. The molecule has 1 saturated heterocycles. The highest BCUT2D eigenvalue weighted by Gasteiger charge is 2.27. The normalized spacial score (nSPS) is 16.6. The first-order chi connectivity index (χ1) is 8.99. The lowest BCUT2D eigenvalue weighted by Crippen LogP contribution is -2.42. The topological polar surface area (TPSA) is 79.6 Å². The molecule has 0 saturated carbocycles. The number of aliphatic carboxylic acids is 1.